The van der Waals surface area contributed by atoms with Crippen LogP contribution in [0.3, 0.4) is 0 Å². The van der Waals surface area contributed by atoms with Gasteiger partial charge in [-0.3, -0.25) is 14.3 Å². The fourth-order valence-corrected chi connectivity index (χ4v) is 3.44. The lowest BCUT2D eigenvalue weighted by molar-refractivity contribution is -0.145. The van der Waals surface area contributed by atoms with Crippen molar-refractivity contribution in [3.05, 3.63) is 17.5 Å². The van der Waals surface area contributed by atoms with E-state index in [-0.39, 0.29) is 29.8 Å². The zero-order valence-electron chi connectivity index (χ0n) is 16.7. The molecule has 0 spiro atoms. The van der Waals surface area contributed by atoms with Crippen LogP contribution in [0.1, 0.15) is 43.4 Å². The largest absolute Gasteiger partial charge is 0.466 e. The molecule has 150 valence electrons. The number of hydrogen-bond donors (Lipinski definition) is 0. The SMILES string of the molecule is CCOC(=O)[C@H]1C[C@H]1CN(C[C@@H]1COC(C)(C)O1)C(=O)c1cc(C)n(C)n1. The zero-order chi connectivity index (χ0) is 19.8. The molecular weight excluding hydrogens is 350 g/mol. The number of esters is 1. The van der Waals surface area contributed by atoms with Crippen LogP contribution in [0, 0.1) is 18.8 Å². The normalized spacial score (nSPS) is 26.0. The molecule has 0 unspecified atom stereocenters. The number of aryl methyl sites for hydroxylation is 2. The Morgan fingerprint density at radius 1 is 1.41 bits per heavy atom. The van der Waals surface area contributed by atoms with Crippen LogP contribution in [0.2, 0.25) is 0 Å². The number of carbonyl (C=O) groups is 2. The molecule has 0 aromatic carbocycles. The molecule has 3 rings (SSSR count). The van der Waals surface area contributed by atoms with E-state index in [4.69, 9.17) is 14.2 Å². The number of nitrogens with zero attached hydrogens (tertiary/aromatic N) is 3. The van der Waals surface area contributed by atoms with Gasteiger partial charge in [0.25, 0.3) is 5.91 Å². The fraction of sp³-hybridized carbons (Fsp3) is 0.737. The van der Waals surface area contributed by atoms with E-state index in [1.165, 1.54) is 0 Å². The number of carbonyl (C=O) groups excluding carboxylic acids is 2. The molecule has 0 N–H and O–H groups in total. The third kappa shape index (κ3) is 4.68. The van der Waals surface area contributed by atoms with Gasteiger partial charge in [0.2, 0.25) is 0 Å². The summed E-state index contributed by atoms with van der Waals surface area (Å²) in [5.41, 5.74) is 1.32. The summed E-state index contributed by atoms with van der Waals surface area (Å²) in [6.45, 7) is 9.13. The van der Waals surface area contributed by atoms with Crippen LogP contribution < -0.4 is 0 Å². The van der Waals surface area contributed by atoms with Crippen molar-refractivity contribution in [2.75, 3.05) is 26.3 Å². The first-order valence-corrected chi connectivity index (χ1v) is 9.48. The summed E-state index contributed by atoms with van der Waals surface area (Å²) in [7, 11) is 1.81. The molecule has 1 saturated heterocycles. The molecule has 1 aliphatic heterocycles. The summed E-state index contributed by atoms with van der Waals surface area (Å²) in [4.78, 5) is 26.7. The molecule has 0 radical (unpaired) electrons. The summed E-state index contributed by atoms with van der Waals surface area (Å²) in [6.07, 6.45) is 0.547. The van der Waals surface area contributed by atoms with Crippen LogP contribution in [-0.4, -0.2) is 64.8 Å². The smallest absolute Gasteiger partial charge is 0.309 e. The van der Waals surface area contributed by atoms with Gasteiger partial charge in [0.05, 0.1) is 19.1 Å². The van der Waals surface area contributed by atoms with Gasteiger partial charge < -0.3 is 19.1 Å². The minimum Gasteiger partial charge on any atom is -0.466 e. The summed E-state index contributed by atoms with van der Waals surface area (Å²) < 4.78 is 18.3. The Morgan fingerprint density at radius 2 is 2.15 bits per heavy atom. The molecule has 2 fully saturated rings. The van der Waals surface area contributed by atoms with Crippen LogP contribution in [0.15, 0.2) is 6.07 Å². The highest BCUT2D eigenvalue weighted by Gasteiger charge is 2.46. The van der Waals surface area contributed by atoms with Gasteiger partial charge in [-0.05, 0) is 46.1 Å². The van der Waals surface area contributed by atoms with Crippen molar-refractivity contribution in [3.63, 3.8) is 0 Å². The highest BCUT2D eigenvalue weighted by Crippen LogP contribution is 2.40. The second-order valence-electron chi connectivity index (χ2n) is 7.81. The molecule has 2 heterocycles. The second kappa shape index (κ2) is 7.59. The first-order valence-electron chi connectivity index (χ1n) is 9.48. The molecule has 1 aromatic rings. The van der Waals surface area contributed by atoms with E-state index < -0.39 is 5.79 Å². The fourth-order valence-electron chi connectivity index (χ4n) is 3.44. The van der Waals surface area contributed by atoms with E-state index in [1.807, 2.05) is 27.8 Å². The van der Waals surface area contributed by atoms with Crippen molar-refractivity contribution in [1.29, 1.82) is 0 Å². The monoisotopic (exact) mass is 379 g/mol. The summed E-state index contributed by atoms with van der Waals surface area (Å²) >= 11 is 0. The van der Waals surface area contributed by atoms with E-state index in [0.29, 0.717) is 32.0 Å². The third-order valence-electron chi connectivity index (χ3n) is 5.08. The average Bonchev–Trinajstić information content (AvgIpc) is 3.17. The van der Waals surface area contributed by atoms with E-state index >= 15 is 0 Å². The molecule has 27 heavy (non-hydrogen) atoms. The third-order valence-corrected chi connectivity index (χ3v) is 5.08. The van der Waals surface area contributed by atoms with Crippen LogP contribution in [0.25, 0.3) is 0 Å². The predicted octanol–water partition coefficient (Wildman–Crippen LogP) is 1.52. The number of amides is 1. The summed E-state index contributed by atoms with van der Waals surface area (Å²) in [5.74, 6) is -0.976. The Bertz CT molecular complexity index is 695. The van der Waals surface area contributed by atoms with Gasteiger partial charge in [0.15, 0.2) is 11.5 Å². The summed E-state index contributed by atoms with van der Waals surface area (Å²) in [6, 6.07) is 1.78. The molecular formula is C19H29N3O5. The van der Waals surface area contributed by atoms with Crippen molar-refractivity contribution in [1.82, 2.24) is 14.7 Å². The number of hydrogen-bond acceptors (Lipinski definition) is 6. The minimum absolute atomic E-state index is 0.119. The molecule has 2 aliphatic rings. The lowest BCUT2D eigenvalue weighted by atomic mass is 10.2. The van der Waals surface area contributed by atoms with Gasteiger partial charge in [-0.25, -0.2) is 0 Å². The highest BCUT2D eigenvalue weighted by molar-refractivity contribution is 5.92. The van der Waals surface area contributed by atoms with E-state index in [0.717, 1.165) is 12.1 Å². The standard InChI is InChI=1S/C19H29N3O5/c1-6-25-18(24)15-8-13(15)9-22(10-14-11-26-19(3,4)27-14)17(23)16-7-12(2)21(5)20-16/h7,13-15H,6,8-11H2,1-5H3/t13-,14+,15-/m0/s1. The first-order chi connectivity index (χ1) is 12.7. The molecule has 1 aliphatic carbocycles. The van der Waals surface area contributed by atoms with Crippen molar-refractivity contribution >= 4 is 11.9 Å². The van der Waals surface area contributed by atoms with Crippen LogP contribution in [0.4, 0.5) is 0 Å². The van der Waals surface area contributed by atoms with Gasteiger partial charge in [-0.2, -0.15) is 5.10 Å². The van der Waals surface area contributed by atoms with E-state index in [2.05, 4.69) is 5.10 Å². The van der Waals surface area contributed by atoms with Crippen molar-refractivity contribution in [2.45, 2.75) is 46.0 Å². The van der Waals surface area contributed by atoms with Gasteiger partial charge in [-0.1, -0.05) is 0 Å². The maximum absolute atomic E-state index is 13.1. The first kappa shape index (κ1) is 19.8. The zero-order valence-corrected chi connectivity index (χ0v) is 16.7. The molecule has 8 nitrogen and oxygen atoms in total. The Hall–Kier alpha value is -1.93. The Balaban J connectivity index is 1.69. The van der Waals surface area contributed by atoms with E-state index in [1.54, 1.807) is 22.6 Å². The van der Waals surface area contributed by atoms with Gasteiger partial charge in [0, 0.05) is 25.8 Å². The lowest BCUT2D eigenvalue weighted by Crippen LogP contribution is -2.41. The molecule has 8 heteroatoms. The molecule has 0 bridgehead atoms. The van der Waals surface area contributed by atoms with Gasteiger partial charge >= 0.3 is 5.97 Å². The topological polar surface area (TPSA) is 82.9 Å². The Morgan fingerprint density at radius 3 is 2.70 bits per heavy atom. The van der Waals surface area contributed by atoms with Crippen LogP contribution in [0.5, 0.6) is 0 Å². The highest BCUT2D eigenvalue weighted by atomic mass is 16.7. The lowest BCUT2D eigenvalue weighted by Gasteiger charge is -2.25. The maximum Gasteiger partial charge on any atom is 0.309 e. The van der Waals surface area contributed by atoms with Crippen LogP contribution in [-0.2, 0) is 26.1 Å². The molecule has 3 atom stereocenters. The van der Waals surface area contributed by atoms with Crippen molar-refractivity contribution < 1.29 is 23.8 Å². The van der Waals surface area contributed by atoms with Gasteiger partial charge in [0.1, 0.15) is 6.10 Å². The quantitative estimate of drug-likeness (QED) is 0.668. The number of rotatable bonds is 7. The predicted molar refractivity (Wildman–Crippen MR) is 97.0 cm³/mol. The number of ether oxygens (including phenoxy) is 3. The Kier molecular flexibility index (Phi) is 5.58. The van der Waals surface area contributed by atoms with Gasteiger partial charge in [-0.15, -0.1) is 0 Å². The van der Waals surface area contributed by atoms with Crippen molar-refractivity contribution in [2.24, 2.45) is 18.9 Å². The molecule has 1 saturated carbocycles. The minimum atomic E-state index is -0.645. The maximum atomic E-state index is 13.1. The number of aromatic nitrogens is 2. The second-order valence-corrected chi connectivity index (χ2v) is 7.81. The Labute approximate surface area is 159 Å². The molecule has 1 amide bonds. The van der Waals surface area contributed by atoms with E-state index in [9.17, 15) is 9.59 Å². The van der Waals surface area contributed by atoms with Crippen molar-refractivity contribution in [3.8, 4) is 0 Å². The summed E-state index contributed by atoms with van der Waals surface area (Å²) in [5, 5.41) is 4.31. The van der Waals surface area contributed by atoms with Crippen LogP contribution >= 0.6 is 0 Å². The average molecular weight is 379 g/mol. The molecule has 1 aromatic heterocycles.